The number of nitrogens with one attached hydrogen (secondary N) is 2. The minimum absolute atomic E-state index is 0.0659. The number of amides is 3. The second kappa shape index (κ2) is 28.5. The van der Waals surface area contributed by atoms with E-state index in [1.807, 2.05) is 24.3 Å². The van der Waals surface area contributed by atoms with Crippen LogP contribution in [0.15, 0.2) is 116 Å². The summed E-state index contributed by atoms with van der Waals surface area (Å²) in [6.45, 7) is 6.87. The molecule has 2 aliphatic rings. The zero-order valence-electron chi connectivity index (χ0n) is 51.7. The van der Waals surface area contributed by atoms with E-state index in [1.54, 1.807) is 91.7 Å². The summed E-state index contributed by atoms with van der Waals surface area (Å²) in [5.41, 5.74) is 4.46. The molecule has 91 heavy (non-hydrogen) atoms. The number of aromatic nitrogens is 5. The lowest BCUT2D eigenvalue weighted by molar-refractivity contribution is -0.131. The number of fused-ring (bicyclic) bond motifs is 1. The summed E-state index contributed by atoms with van der Waals surface area (Å²) in [6, 6.07) is 23.4. The Hall–Kier alpha value is -8.97. The number of nitrogens with zero attached hydrogens (tertiary/aromatic N) is 8. The van der Waals surface area contributed by atoms with Crippen LogP contribution in [0.3, 0.4) is 0 Å². The number of methoxy groups -OCH3 is 1. The Morgan fingerprint density at radius 3 is 2.33 bits per heavy atom. The maximum atomic E-state index is 16.8. The fourth-order valence-corrected chi connectivity index (χ4v) is 13.0. The van der Waals surface area contributed by atoms with Gasteiger partial charge in [0, 0.05) is 147 Å². The predicted molar refractivity (Wildman–Crippen MR) is 347 cm³/mol. The van der Waals surface area contributed by atoms with Crippen molar-refractivity contribution in [3.63, 3.8) is 0 Å². The Morgan fingerprint density at radius 1 is 0.857 bits per heavy atom. The average molecular weight is 1280 g/mol. The van der Waals surface area contributed by atoms with Gasteiger partial charge in [0.05, 0.1) is 48.4 Å². The van der Waals surface area contributed by atoms with Crippen molar-refractivity contribution in [2.45, 2.75) is 64.5 Å². The molecule has 1 fully saturated rings. The first kappa shape index (κ1) is 65.0. The number of rotatable bonds is 22. The molecular formula is C69H72ClF3N10O7S. The fraction of sp³-hybridized carbons (Fsp3) is 0.333. The van der Waals surface area contributed by atoms with E-state index in [4.69, 9.17) is 16.3 Å². The molecule has 1 atom stereocenters. The number of carbonyl (C=O) groups is 4. The van der Waals surface area contributed by atoms with E-state index in [0.717, 1.165) is 88.0 Å². The minimum Gasteiger partial charge on any atom is -0.496 e. The zero-order valence-corrected chi connectivity index (χ0v) is 53.3. The molecule has 0 bridgehead atoms. The average Bonchev–Trinajstić information content (AvgIpc) is 1.96. The van der Waals surface area contributed by atoms with Crippen molar-refractivity contribution < 1.29 is 45.5 Å². The molecule has 0 unspecified atom stereocenters. The van der Waals surface area contributed by atoms with Crippen LogP contribution in [0.5, 0.6) is 5.75 Å². The molecule has 0 spiro atoms. The summed E-state index contributed by atoms with van der Waals surface area (Å²) in [5, 5.41) is 11.4. The van der Waals surface area contributed by atoms with Gasteiger partial charge >= 0.3 is 0 Å². The highest BCUT2D eigenvalue weighted by Crippen LogP contribution is 2.43. The number of piperazine rings is 1. The molecule has 1 saturated heterocycles. The van der Waals surface area contributed by atoms with Gasteiger partial charge in [0.15, 0.2) is 5.82 Å². The molecule has 5 aromatic carbocycles. The third-order valence-electron chi connectivity index (χ3n) is 16.7. The van der Waals surface area contributed by atoms with Gasteiger partial charge in [0.25, 0.3) is 11.8 Å². The number of anilines is 1. The van der Waals surface area contributed by atoms with E-state index in [-0.39, 0.29) is 69.5 Å². The number of unbranched alkanes of at least 4 members (excludes halogenated alkanes) is 4. The smallest absolute Gasteiger partial charge is 0.269 e. The first-order valence-electron chi connectivity index (χ1n) is 30.2. The first-order chi connectivity index (χ1) is 43.7. The van der Waals surface area contributed by atoms with E-state index in [2.05, 4.69) is 48.3 Å². The number of hydrogen-bond donors (Lipinski definition) is 2. The first-order valence-corrected chi connectivity index (χ1v) is 32.7. The number of sulfone groups is 1. The number of hydrogen-bond acceptors (Lipinski definition) is 11. The molecule has 0 aliphatic carbocycles. The number of ether oxygens (including phenoxy) is 1. The van der Waals surface area contributed by atoms with E-state index in [0.29, 0.717) is 69.9 Å². The molecular weight excluding hydrogens is 1210 g/mol. The van der Waals surface area contributed by atoms with Crippen LogP contribution in [0.2, 0.25) is 5.02 Å². The molecule has 10 rings (SSSR count). The Balaban J connectivity index is 0.732. The Kier molecular flexibility index (Phi) is 20.3. The highest BCUT2D eigenvalue weighted by molar-refractivity contribution is 7.90. The summed E-state index contributed by atoms with van der Waals surface area (Å²) < 4.78 is 82.1. The predicted octanol–water partition coefficient (Wildman–Crippen LogP) is 11.1. The van der Waals surface area contributed by atoms with Crippen molar-refractivity contribution >= 4 is 67.1 Å². The van der Waals surface area contributed by atoms with Crippen LogP contribution in [0.25, 0.3) is 38.7 Å². The van der Waals surface area contributed by atoms with Gasteiger partial charge in [0.1, 0.15) is 32.9 Å². The largest absolute Gasteiger partial charge is 0.496 e. The Labute approximate surface area is 532 Å². The van der Waals surface area contributed by atoms with E-state index in [1.165, 1.54) is 35.7 Å². The summed E-state index contributed by atoms with van der Waals surface area (Å²) in [6.07, 6.45) is 13.1. The highest BCUT2D eigenvalue weighted by Gasteiger charge is 2.32. The summed E-state index contributed by atoms with van der Waals surface area (Å²) in [7, 11) is 2.79. The van der Waals surface area contributed by atoms with Gasteiger partial charge in [-0.2, -0.15) is 0 Å². The van der Waals surface area contributed by atoms with Crippen LogP contribution in [-0.4, -0.2) is 150 Å². The normalized spacial score (nSPS) is 14.0. The lowest BCUT2D eigenvalue weighted by atomic mass is 9.92. The van der Waals surface area contributed by atoms with Crippen molar-refractivity contribution in [1.29, 1.82) is 0 Å². The molecule has 8 aromatic rings. The van der Waals surface area contributed by atoms with Crippen LogP contribution in [0.4, 0.5) is 18.9 Å². The van der Waals surface area contributed by atoms with Crippen LogP contribution >= 0.6 is 11.6 Å². The third kappa shape index (κ3) is 15.1. The number of halogens is 4. The number of carbonyl (C=O) groups excluding carboxylic acids is 4. The van der Waals surface area contributed by atoms with Crippen LogP contribution in [-0.2, 0) is 28.2 Å². The van der Waals surface area contributed by atoms with Crippen molar-refractivity contribution in [3.05, 3.63) is 183 Å². The SMILES string of the molecule is COc1cc(N2CCN(CCCCCCC#Cc3ccc(C(=O)c4c(-c5c(F)ccc(F)c5C)c(C(=O)N[C@@H](CS(C)(=O)=O)c5cccc(Cl)c5)cn4C)cc3)CC2)ccc1-c1cc(C2=CCCN(C(=O)CCn3ccnn3)C2)c(F)c2[nH]c(C(=O)N(C)C)cc12. The van der Waals surface area contributed by atoms with Gasteiger partial charge in [0.2, 0.25) is 11.7 Å². The number of H-pyrrole nitrogens is 1. The van der Waals surface area contributed by atoms with Gasteiger partial charge in [-0.15, -0.1) is 5.10 Å². The molecule has 3 amide bonds. The standard InChI is InChI=1S/C69H72ClF3N10O7S/c1-44-56(71)25-26-57(72)62(44)63-55(68(86)76-59(43-91(6,88)89)47-16-13-18-49(70)37-47)42-79(4)66(63)67(85)46-21-19-45(20-22-46)15-11-9-7-8-10-12-29-80-33-35-81(36-34-80)50-23-24-51(60(38-50)90-5)53-39-52(64(73)65-54(53)40-58(75-65)69(87)78(2)3)48-17-14-30-82(41-48)61(84)27-31-83-32-28-74-77-83/h13,16-26,28,32,37-40,42,59,75H,7-10,12,14,27,29-31,33-36,41,43H2,1-6H3,(H,76,86)/t59-/m0/s1. The lowest BCUT2D eigenvalue weighted by Gasteiger charge is -2.36. The van der Waals surface area contributed by atoms with E-state index < -0.39 is 50.8 Å². The Bertz CT molecular complexity index is 4260. The monoisotopic (exact) mass is 1280 g/mol. The zero-order chi connectivity index (χ0) is 64.7. The molecule has 0 saturated carbocycles. The van der Waals surface area contributed by atoms with Gasteiger partial charge in [-0.05, 0) is 128 Å². The number of ketones is 1. The Morgan fingerprint density at radius 2 is 1.62 bits per heavy atom. The number of benzene rings is 5. The van der Waals surface area contributed by atoms with Gasteiger partial charge < -0.3 is 34.3 Å². The molecule has 2 aliphatic heterocycles. The molecule has 5 heterocycles. The van der Waals surface area contributed by atoms with Crippen molar-refractivity contribution in [1.82, 2.24) is 44.6 Å². The molecule has 22 heteroatoms. The lowest BCUT2D eigenvalue weighted by Crippen LogP contribution is -2.46. The number of aromatic amines is 1. The molecule has 3 aromatic heterocycles. The maximum absolute atomic E-state index is 16.8. The van der Waals surface area contributed by atoms with Crippen LogP contribution < -0.4 is 15.0 Å². The second-order valence-electron chi connectivity index (χ2n) is 23.4. The van der Waals surface area contributed by atoms with Gasteiger partial charge in [-0.3, -0.25) is 28.8 Å². The second-order valence-corrected chi connectivity index (χ2v) is 26.0. The van der Waals surface area contributed by atoms with Gasteiger partial charge in [-0.25, -0.2) is 21.6 Å². The summed E-state index contributed by atoms with van der Waals surface area (Å²) >= 11 is 6.24. The summed E-state index contributed by atoms with van der Waals surface area (Å²) in [5.74, 6) is 2.73. The fourth-order valence-electron chi connectivity index (χ4n) is 12.0. The minimum atomic E-state index is -3.65. The summed E-state index contributed by atoms with van der Waals surface area (Å²) in [4.78, 5) is 66.4. The van der Waals surface area contributed by atoms with E-state index in [9.17, 15) is 27.6 Å². The molecule has 474 valence electrons. The topological polar surface area (TPSA) is 188 Å². The number of aryl methyl sites for hydroxylation is 2. The maximum Gasteiger partial charge on any atom is 0.269 e. The molecule has 0 radical (unpaired) electrons. The van der Waals surface area contributed by atoms with Crippen molar-refractivity contribution in [3.8, 4) is 39.8 Å². The molecule has 17 nitrogen and oxygen atoms in total. The van der Waals surface area contributed by atoms with Crippen molar-refractivity contribution in [2.75, 3.05) is 83.9 Å². The van der Waals surface area contributed by atoms with Crippen LogP contribution in [0.1, 0.15) is 110 Å². The van der Waals surface area contributed by atoms with Crippen LogP contribution in [0, 0.1) is 36.2 Å². The third-order valence-corrected chi connectivity index (χ3v) is 17.9. The van der Waals surface area contributed by atoms with Gasteiger partial charge in [-0.1, -0.05) is 59.7 Å². The van der Waals surface area contributed by atoms with Crippen molar-refractivity contribution in [2.24, 2.45) is 7.05 Å². The highest BCUT2D eigenvalue weighted by atomic mass is 35.5. The van der Waals surface area contributed by atoms with E-state index >= 15 is 13.2 Å². The quantitative estimate of drug-likeness (QED) is 0.0373. The molecule has 2 N–H and O–H groups in total.